The van der Waals surface area contributed by atoms with Crippen molar-refractivity contribution in [2.45, 2.75) is 57.0 Å². The molecule has 5 heteroatoms. The van der Waals surface area contributed by atoms with E-state index in [1.54, 1.807) is 12.4 Å². The third-order valence-electron chi connectivity index (χ3n) is 6.55. The van der Waals surface area contributed by atoms with E-state index in [9.17, 15) is 4.79 Å². The maximum atomic E-state index is 12.7. The van der Waals surface area contributed by atoms with Gasteiger partial charge in [-0.3, -0.25) is 14.7 Å². The van der Waals surface area contributed by atoms with Gasteiger partial charge in [0.05, 0.1) is 12.2 Å². The number of rotatable bonds is 6. The molecule has 1 spiro atoms. The molecule has 3 heterocycles. The van der Waals surface area contributed by atoms with E-state index in [4.69, 9.17) is 4.74 Å². The summed E-state index contributed by atoms with van der Waals surface area (Å²) < 4.78 is 5.79. The van der Waals surface area contributed by atoms with Gasteiger partial charge in [-0.1, -0.05) is 0 Å². The summed E-state index contributed by atoms with van der Waals surface area (Å²) in [6, 6.07) is 4.27. The summed E-state index contributed by atoms with van der Waals surface area (Å²) in [5, 5.41) is 0. The van der Waals surface area contributed by atoms with Gasteiger partial charge in [-0.05, 0) is 63.5 Å². The summed E-state index contributed by atoms with van der Waals surface area (Å²) in [4.78, 5) is 21.6. The number of ether oxygens (including phenoxy) is 1. The Labute approximate surface area is 156 Å². The van der Waals surface area contributed by atoms with Crippen LogP contribution in [0.25, 0.3) is 0 Å². The number of hydrogen-bond donors (Lipinski definition) is 0. The lowest BCUT2D eigenvalue weighted by Crippen LogP contribution is -2.56. The molecule has 0 bridgehead atoms. The number of pyridine rings is 1. The Balaban J connectivity index is 1.41. The van der Waals surface area contributed by atoms with Gasteiger partial charge in [-0.25, -0.2) is 0 Å². The van der Waals surface area contributed by atoms with Crippen molar-refractivity contribution in [1.82, 2.24) is 14.8 Å². The fourth-order valence-electron chi connectivity index (χ4n) is 4.81. The van der Waals surface area contributed by atoms with Gasteiger partial charge >= 0.3 is 0 Å². The first kappa shape index (κ1) is 17.9. The summed E-state index contributed by atoms with van der Waals surface area (Å²) in [7, 11) is 0. The fraction of sp³-hybridized carbons (Fsp3) is 0.714. The van der Waals surface area contributed by atoms with E-state index < -0.39 is 0 Å². The largest absolute Gasteiger partial charge is 0.380 e. The molecule has 0 unspecified atom stereocenters. The van der Waals surface area contributed by atoms with Crippen molar-refractivity contribution in [2.24, 2.45) is 5.92 Å². The van der Waals surface area contributed by atoms with E-state index in [0.29, 0.717) is 11.6 Å². The number of carbonyl (C=O) groups excluding carboxylic acids is 1. The van der Waals surface area contributed by atoms with Gasteiger partial charge in [0.25, 0.3) is 5.91 Å². The molecule has 1 aromatic heterocycles. The molecule has 1 aliphatic carbocycles. The molecule has 1 saturated carbocycles. The van der Waals surface area contributed by atoms with Crippen molar-refractivity contribution in [3.05, 3.63) is 30.1 Å². The lowest BCUT2D eigenvalue weighted by Gasteiger charge is -2.47. The molecular formula is C21H31N3O2. The molecule has 2 aliphatic heterocycles. The minimum absolute atomic E-state index is 0.130. The number of aromatic nitrogens is 1. The van der Waals surface area contributed by atoms with Gasteiger partial charge in [0.15, 0.2) is 0 Å². The van der Waals surface area contributed by atoms with Crippen LogP contribution in [0.15, 0.2) is 24.5 Å². The Morgan fingerprint density at radius 1 is 1.27 bits per heavy atom. The van der Waals surface area contributed by atoms with Gasteiger partial charge in [-0.15, -0.1) is 0 Å². The average Bonchev–Trinajstić information content (AvgIpc) is 3.46. The van der Waals surface area contributed by atoms with Crippen LogP contribution in [0.3, 0.4) is 0 Å². The van der Waals surface area contributed by atoms with E-state index in [0.717, 1.165) is 45.1 Å². The second kappa shape index (κ2) is 7.65. The van der Waals surface area contributed by atoms with E-state index >= 15 is 0 Å². The minimum atomic E-state index is 0.130. The lowest BCUT2D eigenvalue weighted by atomic mass is 9.84. The molecule has 2 saturated heterocycles. The number of amides is 1. The van der Waals surface area contributed by atoms with Crippen LogP contribution in [0.5, 0.6) is 0 Å². The van der Waals surface area contributed by atoms with Gasteiger partial charge in [0.1, 0.15) is 0 Å². The predicted molar refractivity (Wildman–Crippen MR) is 101 cm³/mol. The quantitative estimate of drug-likeness (QED) is 0.785. The molecule has 0 N–H and O–H groups in total. The molecule has 0 radical (unpaired) electrons. The van der Waals surface area contributed by atoms with Crippen molar-refractivity contribution in [2.75, 3.05) is 32.8 Å². The zero-order valence-corrected chi connectivity index (χ0v) is 15.9. The number of carbonyl (C=O) groups is 1. The number of nitrogens with zero attached hydrogens (tertiary/aromatic N) is 3. The first-order valence-electron chi connectivity index (χ1n) is 10.3. The molecule has 5 nitrogen and oxygen atoms in total. The number of likely N-dealkylation sites (tertiary alicyclic amines) is 2. The first-order valence-corrected chi connectivity index (χ1v) is 10.3. The smallest absolute Gasteiger partial charge is 0.255 e. The number of piperidine rings is 1. The molecule has 0 aromatic carbocycles. The highest BCUT2D eigenvalue weighted by molar-refractivity contribution is 5.93. The third-order valence-corrected chi connectivity index (χ3v) is 6.55. The van der Waals surface area contributed by atoms with Gasteiger partial charge in [0.2, 0.25) is 0 Å². The topological polar surface area (TPSA) is 45.7 Å². The van der Waals surface area contributed by atoms with Crippen molar-refractivity contribution < 1.29 is 9.53 Å². The lowest BCUT2D eigenvalue weighted by molar-refractivity contribution is 0.00309. The SMILES string of the molecule is CCOC[C@@H]1CCC2(CCN(C(=O)c3cccnc3)CC2)N1CC1CC1. The molecule has 4 rings (SSSR count). The third kappa shape index (κ3) is 3.65. The van der Waals surface area contributed by atoms with Gasteiger partial charge < -0.3 is 9.64 Å². The molecule has 1 aromatic rings. The second-order valence-corrected chi connectivity index (χ2v) is 8.21. The minimum Gasteiger partial charge on any atom is -0.380 e. The summed E-state index contributed by atoms with van der Waals surface area (Å²) in [6.07, 6.45) is 10.9. The van der Waals surface area contributed by atoms with Crippen LogP contribution in [0.1, 0.15) is 55.8 Å². The molecule has 3 fully saturated rings. The van der Waals surface area contributed by atoms with E-state index in [2.05, 4.69) is 16.8 Å². The van der Waals surface area contributed by atoms with Crippen LogP contribution in [0.4, 0.5) is 0 Å². The highest BCUT2D eigenvalue weighted by Gasteiger charge is 2.49. The maximum absolute atomic E-state index is 12.7. The molecule has 1 amide bonds. The summed E-state index contributed by atoms with van der Waals surface area (Å²) >= 11 is 0. The van der Waals surface area contributed by atoms with Crippen LogP contribution in [0.2, 0.25) is 0 Å². The average molecular weight is 357 g/mol. The Bertz CT molecular complexity index is 609. The van der Waals surface area contributed by atoms with Crippen molar-refractivity contribution in [1.29, 1.82) is 0 Å². The van der Waals surface area contributed by atoms with Gasteiger partial charge in [0, 0.05) is 50.2 Å². The van der Waals surface area contributed by atoms with E-state index in [1.165, 1.54) is 32.2 Å². The van der Waals surface area contributed by atoms with Crippen molar-refractivity contribution >= 4 is 5.91 Å². The fourth-order valence-corrected chi connectivity index (χ4v) is 4.81. The predicted octanol–water partition coefficient (Wildman–Crippen LogP) is 2.97. The van der Waals surface area contributed by atoms with E-state index in [-0.39, 0.29) is 11.4 Å². The molecule has 3 aliphatic rings. The zero-order valence-electron chi connectivity index (χ0n) is 15.9. The van der Waals surface area contributed by atoms with Crippen LogP contribution in [0, 0.1) is 5.92 Å². The zero-order chi connectivity index (χ0) is 18.0. The summed E-state index contributed by atoms with van der Waals surface area (Å²) in [6.45, 7) is 6.69. The maximum Gasteiger partial charge on any atom is 0.255 e. The van der Waals surface area contributed by atoms with Crippen molar-refractivity contribution in [3.8, 4) is 0 Å². The van der Waals surface area contributed by atoms with Crippen LogP contribution < -0.4 is 0 Å². The Hall–Kier alpha value is -1.46. The van der Waals surface area contributed by atoms with Crippen molar-refractivity contribution in [3.63, 3.8) is 0 Å². The molecule has 26 heavy (non-hydrogen) atoms. The molecule has 142 valence electrons. The van der Waals surface area contributed by atoms with Crippen LogP contribution in [-0.4, -0.2) is 65.1 Å². The normalized spacial score (nSPS) is 25.7. The summed E-state index contributed by atoms with van der Waals surface area (Å²) in [5.41, 5.74) is 0.995. The molecular weight excluding hydrogens is 326 g/mol. The standard InChI is InChI=1S/C21H31N3O2/c1-2-26-16-19-7-8-21(24(19)15-17-5-6-17)9-12-23(13-10-21)20(25)18-4-3-11-22-14-18/h3-4,11,14,17,19H,2,5-10,12-13,15-16H2,1H3/t19-/m0/s1. The Kier molecular flexibility index (Phi) is 5.28. The summed E-state index contributed by atoms with van der Waals surface area (Å²) in [5.74, 6) is 1.02. The van der Waals surface area contributed by atoms with Crippen LogP contribution in [-0.2, 0) is 4.74 Å². The number of hydrogen-bond acceptors (Lipinski definition) is 4. The first-order chi connectivity index (χ1) is 12.7. The highest BCUT2D eigenvalue weighted by Crippen LogP contribution is 2.44. The van der Waals surface area contributed by atoms with Crippen LogP contribution >= 0.6 is 0 Å². The van der Waals surface area contributed by atoms with Gasteiger partial charge in [-0.2, -0.15) is 0 Å². The van der Waals surface area contributed by atoms with E-state index in [1.807, 2.05) is 17.0 Å². The monoisotopic (exact) mass is 357 g/mol. The second-order valence-electron chi connectivity index (χ2n) is 8.21. The Morgan fingerprint density at radius 2 is 2.08 bits per heavy atom. The highest BCUT2D eigenvalue weighted by atomic mass is 16.5. The molecule has 1 atom stereocenters. The Morgan fingerprint density at radius 3 is 2.73 bits per heavy atom.